The van der Waals surface area contributed by atoms with Crippen molar-refractivity contribution in [1.29, 1.82) is 0 Å². The zero-order chi connectivity index (χ0) is 97.3. The van der Waals surface area contributed by atoms with Crippen LogP contribution < -0.4 is 16.0 Å². The van der Waals surface area contributed by atoms with Crippen LogP contribution in [0.3, 0.4) is 0 Å². The first kappa shape index (κ1) is 112. The van der Waals surface area contributed by atoms with Gasteiger partial charge in [-0.1, -0.05) is 239 Å². The molecule has 5 N–H and O–H groups in total. The van der Waals surface area contributed by atoms with Crippen molar-refractivity contribution in [3.63, 3.8) is 0 Å². The van der Waals surface area contributed by atoms with Crippen LogP contribution in [0.4, 0.5) is 8.78 Å². The molecule has 9 aliphatic heterocycles. The van der Waals surface area contributed by atoms with Gasteiger partial charge in [-0.05, 0) is 309 Å². The fraction of sp³-hybridized carbons (Fsp3) is 0.392. The maximum absolute atomic E-state index is 13.0. The first-order valence-electron chi connectivity index (χ1n) is 45.2. The van der Waals surface area contributed by atoms with Crippen LogP contribution in [0, 0.1) is 0 Å². The van der Waals surface area contributed by atoms with Gasteiger partial charge < -0.3 is 69.3 Å². The molecule has 9 atom stereocenters. The molecule has 33 heteroatoms. The van der Waals surface area contributed by atoms with E-state index >= 15 is 0 Å². The molecule has 9 aliphatic rings. The zero-order valence-electron chi connectivity index (χ0n) is 78.0. The van der Waals surface area contributed by atoms with Crippen LogP contribution in [0.25, 0.3) is 0 Å². The van der Waals surface area contributed by atoms with Gasteiger partial charge in [-0.15, -0.1) is 12.4 Å². The van der Waals surface area contributed by atoms with Gasteiger partial charge in [-0.3, -0.25) is 19.5 Å². The number of hydrogen-bond donors (Lipinski definition) is 5. The maximum atomic E-state index is 13.0. The molecule has 0 bridgehead atoms. The number of aliphatic hydroxyl groups is 2. The summed E-state index contributed by atoms with van der Waals surface area (Å²) in [4.78, 5) is 89.9. The number of fused-ring (bicyclic) bond motifs is 10. The van der Waals surface area contributed by atoms with E-state index in [1.54, 1.807) is 35.2 Å². The Balaban J connectivity index is 0.000000171. The average molecular weight is 2310 g/mol. The number of nitrogens with one attached hydrogen (secondary N) is 3. The molecule has 712 valence electrons. The van der Waals surface area contributed by atoms with Gasteiger partial charge in [0.2, 0.25) is 11.6 Å². The second-order valence-electron chi connectivity index (χ2n) is 34.6. The highest BCUT2D eigenvalue weighted by Crippen LogP contribution is 2.44. The van der Waals surface area contributed by atoms with E-state index in [1.807, 2.05) is 103 Å². The first-order valence-corrected chi connectivity index (χ1v) is 50.8. The van der Waals surface area contributed by atoms with Crippen LogP contribution in [0.1, 0.15) is 218 Å². The van der Waals surface area contributed by atoms with Gasteiger partial charge in [-0.2, -0.15) is 0 Å². The fourth-order valence-electron chi connectivity index (χ4n) is 18.5. The summed E-state index contributed by atoms with van der Waals surface area (Å²) in [5.74, 6) is -1.29. The van der Waals surface area contributed by atoms with Crippen molar-refractivity contribution < 1.29 is 57.3 Å². The van der Waals surface area contributed by atoms with E-state index < -0.39 is 42.2 Å². The molecule has 0 saturated carbocycles. The Bertz CT molecular complexity index is 5470. The molecule has 0 aromatic heterocycles. The molecule has 2 amide bonds. The van der Waals surface area contributed by atoms with Crippen LogP contribution in [0.15, 0.2) is 206 Å². The largest absolute Gasteiger partial charge is 0.428 e. The molecule has 4 radical (unpaired) electrons. The van der Waals surface area contributed by atoms with Gasteiger partial charge in [0.05, 0.1) is 24.7 Å². The van der Waals surface area contributed by atoms with E-state index in [1.165, 1.54) is 122 Å². The normalized spacial score (nSPS) is 20.5. The molecule has 5 unspecified atom stereocenters. The number of carbonyl (C=O) groups is 7. The van der Waals surface area contributed by atoms with Crippen LogP contribution in [-0.4, -0.2) is 185 Å². The molecular formula is C102H117B4Br7ClF2N9O10. The third kappa shape index (κ3) is 28.6. The lowest BCUT2D eigenvalue weighted by molar-refractivity contribution is -0.154. The molecule has 1 fully saturated rings. The van der Waals surface area contributed by atoms with E-state index in [-0.39, 0.29) is 48.5 Å². The van der Waals surface area contributed by atoms with E-state index in [0.717, 1.165) is 163 Å². The predicted octanol–water partition coefficient (Wildman–Crippen LogP) is 19.8. The lowest BCUT2D eigenvalue weighted by Crippen LogP contribution is -2.46. The number of esters is 1. The quantitative estimate of drug-likeness (QED) is 0.0278. The van der Waals surface area contributed by atoms with Crippen LogP contribution >= 0.6 is 124 Å². The minimum atomic E-state index is -1.44. The molecule has 9 heterocycles. The predicted molar refractivity (Wildman–Crippen MR) is 568 cm³/mol. The van der Waals surface area contributed by atoms with Crippen molar-refractivity contribution in [1.82, 2.24) is 40.1 Å². The Morgan fingerprint density at radius 3 is 1.22 bits per heavy atom. The van der Waals surface area contributed by atoms with Crippen LogP contribution in [0.2, 0.25) is 0 Å². The summed E-state index contributed by atoms with van der Waals surface area (Å²) < 4.78 is 39.2. The summed E-state index contributed by atoms with van der Waals surface area (Å²) in [6.45, 7) is 27.1. The van der Waals surface area contributed by atoms with Crippen molar-refractivity contribution in [2.45, 2.75) is 187 Å². The number of hydrogen-bond acceptors (Lipinski definition) is 17. The minimum absolute atomic E-state index is 0. The third-order valence-electron chi connectivity index (χ3n) is 26.0. The Morgan fingerprint density at radius 1 is 0.474 bits per heavy atom. The first-order chi connectivity index (χ1) is 64.1. The van der Waals surface area contributed by atoms with E-state index in [0.29, 0.717) is 37.7 Å². The minimum Gasteiger partial charge on any atom is -0.428 e. The van der Waals surface area contributed by atoms with Gasteiger partial charge in [0, 0.05) is 105 Å². The van der Waals surface area contributed by atoms with E-state index in [4.69, 9.17) is 4.74 Å². The monoisotopic (exact) mass is 2300 g/mol. The van der Waals surface area contributed by atoms with Gasteiger partial charge in [0.1, 0.15) is 24.6 Å². The summed E-state index contributed by atoms with van der Waals surface area (Å²) in [5.41, 5.74) is 20.1. The highest BCUT2D eigenvalue weighted by molar-refractivity contribution is 9.11. The van der Waals surface area contributed by atoms with Gasteiger partial charge in [0.25, 0.3) is 29.7 Å². The second kappa shape index (κ2) is 53.2. The van der Waals surface area contributed by atoms with E-state index in [2.05, 4.69) is 261 Å². The molecule has 9 aromatic carbocycles. The number of nitrogens with zero attached hydrogens (tertiary/aromatic N) is 6. The SMILES string of the molecule is CC(=O)NCCc1ccccc1Br.CC12OC(=O)C(=O)N1CCc1c(Br)cccc12.CC1=NCCc2c(Br)cccc21.CC1NCCc2c(Br)cccc21.CC1c2cccc(Br)c2CCN1[B]C=O.C[C@@H]1NCCc2c1cccc2C(C)(O)CF.C[C@@H]1c2cccc(Br)c2CCN1[B]C=O.C[C@H]1c2cccc(Br)c2CCN1[B]C=O.C[C@H]1c2cccc(C(C)(O)CF)c2CCN1[B]C=O.Cl. The number of ether oxygens (including phenoxy) is 1. The van der Waals surface area contributed by atoms with Crippen molar-refractivity contribution in [3.05, 3.63) is 307 Å². The summed E-state index contributed by atoms with van der Waals surface area (Å²) in [5, 5.41) is 29.8. The summed E-state index contributed by atoms with van der Waals surface area (Å²) in [6, 6.07) is 58.3. The van der Waals surface area contributed by atoms with Gasteiger partial charge in [-0.25, -0.2) is 13.6 Å². The average Bonchev–Trinajstić information content (AvgIpc) is 1.52. The van der Waals surface area contributed by atoms with Crippen LogP contribution in [-0.2, 0) is 113 Å². The highest BCUT2D eigenvalue weighted by atomic mass is 79.9. The van der Waals surface area contributed by atoms with Crippen molar-refractivity contribution in [2.75, 3.05) is 72.3 Å². The molecule has 9 aromatic rings. The molecule has 19 nitrogen and oxygen atoms in total. The fourth-order valence-corrected chi connectivity index (χ4v) is 22.4. The van der Waals surface area contributed by atoms with Gasteiger partial charge in [0.15, 0.2) is 0 Å². The number of alkyl halides is 2. The lowest BCUT2D eigenvalue weighted by atomic mass is 9.79. The number of rotatable bonds is 15. The smallest absolute Gasteiger partial charge is 0.399 e. The number of benzene rings is 9. The third-order valence-corrected chi connectivity index (χ3v) is 31.2. The number of aliphatic imine (C=N–C) groups is 1. The molecular weight excluding hydrogens is 2190 g/mol. The number of halogens is 10. The molecule has 135 heavy (non-hydrogen) atoms. The molecule has 1 saturated heterocycles. The van der Waals surface area contributed by atoms with E-state index in [9.17, 15) is 52.6 Å². The van der Waals surface area contributed by atoms with Gasteiger partial charge >= 0.3 is 11.9 Å². The standard InChI is InChI=1S/C14H18BFNO2.C13H18FNO.C12H10BrNO3.3C11H12BBrNO.C10H12BrNO.C10H12BrN.C10H10BrN.ClH/c1-10-11-4-3-5-13(14(2,19)8-16)12(11)6-7-17(10)15-9-18;1-9-10-4-3-5-12(13(2,16)8-14)11(10)6-7-15-9;1-12-8-3-2-4-9(13)7(8)5-6-14(12)10(15)11(16)17-12;3*1-8-9-3-2-4-11(13)10(9)5-6-14(8)12-7-15;1-8(13)12-7-6-9-4-2-3-5-10(9)11;2*1-7-8-3-2-4-10(11)9(8)5-6-12-7;/h3-5,9-10,19H,6-8H2,1-2H3;3-5,9,15-16H,6-8H2,1-2H3;2-4H,5-6H2,1H3;3*2-4,7-8H,5-6H2,1H3;2-5H,6-7H2,1H3,(H,12,13);2-4,7,12H,5-6H2,1H3;2-4H,5-6H2,1H3;1H/t10-,14?;9-,13?;;2*8-;;;;;/m00.10...../s1. The maximum Gasteiger partial charge on any atom is 0.399 e. The highest BCUT2D eigenvalue weighted by Gasteiger charge is 2.53. The molecule has 0 aliphatic carbocycles. The number of carbonyl (C=O) groups excluding carboxylic acids is 7. The zero-order valence-corrected chi connectivity index (χ0v) is 90.0. The Hall–Kier alpha value is -6.81. The van der Waals surface area contributed by atoms with Crippen molar-refractivity contribution in [2.24, 2.45) is 4.99 Å². The lowest BCUT2D eigenvalue weighted by Gasteiger charge is -2.38. The Labute approximate surface area is 862 Å². The van der Waals surface area contributed by atoms with Crippen LogP contribution in [0.5, 0.6) is 0 Å². The number of amides is 2. The summed E-state index contributed by atoms with van der Waals surface area (Å²) in [7, 11) is 6.44. The molecule has 18 rings (SSSR count). The summed E-state index contributed by atoms with van der Waals surface area (Å²) in [6.07, 6.45) is 11.7. The van der Waals surface area contributed by atoms with Crippen molar-refractivity contribution >= 4 is 202 Å². The topological polar surface area (TPSA) is 234 Å². The second-order valence-corrected chi connectivity index (χ2v) is 40.6. The van der Waals surface area contributed by atoms with Crippen molar-refractivity contribution in [3.8, 4) is 0 Å². The molecule has 0 spiro atoms. The Morgan fingerprint density at radius 2 is 0.815 bits per heavy atom. The Kier molecular flexibility index (Phi) is 44.0. The summed E-state index contributed by atoms with van der Waals surface area (Å²) >= 11 is 24.8.